The third-order valence-electron chi connectivity index (χ3n) is 4.70. The highest BCUT2D eigenvalue weighted by Crippen LogP contribution is 2.31. The van der Waals surface area contributed by atoms with Crippen molar-refractivity contribution in [1.82, 2.24) is 24.8 Å². The quantitative estimate of drug-likeness (QED) is 0.713. The third kappa shape index (κ3) is 4.23. The van der Waals surface area contributed by atoms with Gasteiger partial charge in [-0.25, -0.2) is 19.9 Å². The summed E-state index contributed by atoms with van der Waals surface area (Å²) in [5.41, 5.74) is 2.23. The first-order valence-electron chi connectivity index (χ1n) is 9.31. The van der Waals surface area contributed by atoms with E-state index in [1.165, 1.54) is 0 Å². The maximum absolute atomic E-state index is 12.6. The Morgan fingerprint density at radius 1 is 1.29 bits per heavy atom. The van der Waals surface area contributed by atoms with Crippen LogP contribution in [-0.4, -0.2) is 37.3 Å². The number of rotatable bonds is 5. The van der Waals surface area contributed by atoms with Gasteiger partial charge in [-0.3, -0.25) is 9.69 Å². The molecule has 1 saturated heterocycles. The van der Waals surface area contributed by atoms with Crippen LogP contribution >= 0.6 is 11.3 Å². The molecule has 4 heterocycles. The molecule has 0 radical (unpaired) electrons. The molecule has 3 aromatic heterocycles. The fourth-order valence-corrected chi connectivity index (χ4v) is 4.07. The van der Waals surface area contributed by atoms with Crippen molar-refractivity contribution in [3.8, 4) is 0 Å². The molecule has 1 amide bonds. The van der Waals surface area contributed by atoms with Crippen molar-refractivity contribution in [2.75, 3.05) is 11.9 Å². The Hall–Kier alpha value is -2.71. The van der Waals surface area contributed by atoms with Crippen molar-refractivity contribution in [1.29, 1.82) is 0 Å². The predicted octanol–water partition coefficient (Wildman–Crippen LogP) is 3.53. The standard InChI is InChI=1S/C20H22N6OS/c1-13-10-16(20(27)25-18-7-3-4-8-21-18)24-19(22-13)17-6-5-9-26(17)11-15-12-28-14(2)23-15/h3-4,7-8,10,12,17H,5-6,9,11H2,1-2H3,(H,21,25,27). The molecule has 0 bridgehead atoms. The number of anilines is 1. The summed E-state index contributed by atoms with van der Waals surface area (Å²) in [6.45, 7) is 5.67. The van der Waals surface area contributed by atoms with Crippen molar-refractivity contribution in [3.63, 3.8) is 0 Å². The Morgan fingerprint density at radius 3 is 2.93 bits per heavy atom. The SMILES string of the molecule is Cc1cc(C(=O)Nc2ccccn2)nc(C2CCCN2Cc2csc(C)n2)n1. The first-order chi connectivity index (χ1) is 13.6. The number of carbonyl (C=O) groups excluding carboxylic acids is 1. The molecule has 7 nitrogen and oxygen atoms in total. The molecule has 0 aliphatic carbocycles. The first kappa shape index (κ1) is 18.6. The van der Waals surface area contributed by atoms with Gasteiger partial charge in [-0.15, -0.1) is 11.3 Å². The highest BCUT2D eigenvalue weighted by molar-refractivity contribution is 7.09. The Morgan fingerprint density at radius 2 is 2.18 bits per heavy atom. The maximum atomic E-state index is 12.6. The van der Waals surface area contributed by atoms with E-state index in [4.69, 9.17) is 0 Å². The number of aromatic nitrogens is 4. The number of hydrogen-bond donors (Lipinski definition) is 1. The molecular weight excluding hydrogens is 372 g/mol. The lowest BCUT2D eigenvalue weighted by molar-refractivity contribution is 0.102. The number of thiazole rings is 1. The van der Waals surface area contributed by atoms with Crippen molar-refractivity contribution in [3.05, 3.63) is 63.8 Å². The van der Waals surface area contributed by atoms with Crippen LogP contribution in [0, 0.1) is 13.8 Å². The van der Waals surface area contributed by atoms with Gasteiger partial charge >= 0.3 is 0 Å². The van der Waals surface area contributed by atoms with Gasteiger partial charge in [-0.1, -0.05) is 6.07 Å². The molecule has 4 rings (SSSR count). The van der Waals surface area contributed by atoms with E-state index in [9.17, 15) is 4.79 Å². The highest BCUT2D eigenvalue weighted by atomic mass is 32.1. The van der Waals surface area contributed by atoms with Gasteiger partial charge in [0, 0.05) is 23.8 Å². The van der Waals surface area contributed by atoms with Gasteiger partial charge in [0.05, 0.1) is 16.7 Å². The second-order valence-corrected chi connectivity index (χ2v) is 7.97. The molecule has 1 atom stereocenters. The van der Waals surface area contributed by atoms with E-state index in [-0.39, 0.29) is 11.9 Å². The lowest BCUT2D eigenvalue weighted by Crippen LogP contribution is -2.26. The Kier molecular flexibility index (Phi) is 5.40. The van der Waals surface area contributed by atoms with Gasteiger partial charge in [0.2, 0.25) is 0 Å². The Balaban J connectivity index is 1.54. The third-order valence-corrected chi connectivity index (χ3v) is 5.53. The van der Waals surface area contributed by atoms with Gasteiger partial charge in [0.1, 0.15) is 17.3 Å². The summed E-state index contributed by atoms with van der Waals surface area (Å²) in [4.78, 5) is 32.9. The lowest BCUT2D eigenvalue weighted by atomic mass is 10.2. The highest BCUT2D eigenvalue weighted by Gasteiger charge is 2.29. The van der Waals surface area contributed by atoms with Crippen LogP contribution in [0.1, 0.15) is 51.6 Å². The minimum Gasteiger partial charge on any atom is -0.305 e. The average molecular weight is 395 g/mol. The van der Waals surface area contributed by atoms with Crippen LogP contribution < -0.4 is 5.32 Å². The molecule has 0 spiro atoms. The number of likely N-dealkylation sites (tertiary alicyclic amines) is 1. The van der Waals surface area contributed by atoms with E-state index < -0.39 is 0 Å². The van der Waals surface area contributed by atoms with Crippen LogP contribution in [0.25, 0.3) is 0 Å². The van der Waals surface area contributed by atoms with Crippen LogP contribution in [0.2, 0.25) is 0 Å². The monoisotopic (exact) mass is 394 g/mol. The van der Waals surface area contributed by atoms with Gasteiger partial charge in [-0.2, -0.15) is 0 Å². The first-order valence-corrected chi connectivity index (χ1v) is 10.2. The zero-order chi connectivity index (χ0) is 19.5. The molecular formula is C20H22N6OS. The zero-order valence-corrected chi connectivity index (χ0v) is 16.7. The number of pyridine rings is 1. The summed E-state index contributed by atoms with van der Waals surface area (Å²) in [5, 5.41) is 5.97. The Bertz CT molecular complexity index is 974. The molecule has 1 unspecified atom stereocenters. The molecule has 1 aliphatic rings. The summed E-state index contributed by atoms with van der Waals surface area (Å²) >= 11 is 1.67. The molecule has 1 N–H and O–H groups in total. The summed E-state index contributed by atoms with van der Waals surface area (Å²) in [7, 11) is 0. The van der Waals surface area contributed by atoms with Crippen LogP contribution in [0.3, 0.4) is 0 Å². The van der Waals surface area contributed by atoms with Crippen molar-refractivity contribution in [2.24, 2.45) is 0 Å². The molecule has 28 heavy (non-hydrogen) atoms. The van der Waals surface area contributed by atoms with E-state index in [2.05, 4.69) is 35.5 Å². The van der Waals surface area contributed by atoms with E-state index in [1.54, 1.807) is 35.7 Å². The maximum Gasteiger partial charge on any atom is 0.275 e. The van der Waals surface area contributed by atoms with Crippen LogP contribution in [0.4, 0.5) is 5.82 Å². The predicted molar refractivity (Wildman–Crippen MR) is 108 cm³/mol. The summed E-state index contributed by atoms with van der Waals surface area (Å²) in [5.74, 6) is 0.937. The number of nitrogens with one attached hydrogen (secondary N) is 1. The lowest BCUT2D eigenvalue weighted by Gasteiger charge is -2.23. The summed E-state index contributed by atoms with van der Waals surface area (Å²) < 4.78 is 0. The second kappa shape index (κ2) is 8.12. The minimum absolute atomic E-state index is 0.100. The molecule has 0 saturated carbocycles. The molecule has 3 aromatic rings. The minimum atomic E-state index is -0.273. The van der Waals surface area contributed by atoms with Crippen molar-refractivity contribution >= 4 is 23.1 Å². The number of carbonyl (C=O) groups is 1. The Labute approximate surface area is 167 Å². The average Bonchev–Trinajstić information content (AvgIpc) is 3.31. The van der Waals surface area contributed by atoms with Crippen molar-refractivity contribution < 1.29 is 4.79 Å². The van der Waals surface area contributed by atoms with Crippen LogP contribution in [0.5, 0.6) is 0 Å². The van der Waals surface area contributed by atoms with E-state index >= 15 is 0 Å². The van der Waals surface area contributed by atoms with E-state index in [0.717, 1.165) is 42.3 Å². The molecule has 1 fully saturated rings. The molecule has 0 aromatic carbocycles. The van der Waals surface area contributed by atoms with Crippen molar-refractivity contribution in [2.45, 2.75) is 39.3 Å². The fourth-order valence-electron chi connectivity index (χ4n) is 3.47. The molecule has 1 aliphatic heterocycles. The van der Waals surface area contributed by atoms with Gasteiger partial charge in [0.25, 0.3) is 5.91 Å². The molecule has 144 valence electrons. The van der Waals surface area contributed by atoms with Crippen LogP contribution in [-0.2, 0) is 6.54 Å². The smallest absolute Gasteiger partial charge is 0.275 e. The molecule has 8 heteroatoms. The summed E-state index contributed by atoms with van der Waals surface area (Å²) in [6.07, 6.45) is 3.71. The normalized spacial score (nSPS) is 17.0. The number of hydrogen-bond acceptors (Lipinski definition) is 7. The number of amides is 1. The second-order valence-electron chi connectivity index (χ2n) is 6.91. The van der Waals surface area contributed by atoms with Gasteiger partial charge < -0.3 is 5.32 Å². The van der Waals surface area contributed by atoms with E-state index in [1.807, 2.05) is 19.9 Å². The van der Waals surface area contributed by atoms with Gasteiger partial charge in [-0.05, 0) is 51.4 Å². The number of nitrogens with zero attached hydrogens (tertiary/aromatic N) is 5. The fraction of sp³-hybridized carbons (Fsp3) is 0.350. The zero-order valence-electron chi connectivity index (χ0n) is 15.9. The van der Waals surface area contributed by atoms with Crippen LogP contribution in [0.15, 0.2) is 35.8 Å². The van der Waals surface area contributed by atoms with Gasteiger partial charge in [0.15, 0.2) is 0 Å². The topological polar surface area (TPSA) is 83.9 Å². The largest absolute Gasteiger partial charge is 0.305 e. The summed E-state index contributed by atoms with van der Waals surface area (Å²) in [6, 6.07) is 7.20. The number of aryl methyl sites for hydroxylation is 2. The van der Waals surface area contributed by atoms with E-state index in [0.29, 0.717) is 17.3 Å².